The van der Waals surface area contributed by atoms with Crippen LogP contribution in [0.25, 0.3) is 16.9 Å². The molecule has 0 unspecified atom stereocenters. The van der Waals surface area contributed by atoms with Gasteiger partial charge < -0.3 is 19.9 Å². The van der Waals surface area contributed by atoms with Crippen molar-refractivity contribution in [3.05, 3.63) is 78.0 Å². The highest BCUT2D eigenvalue weighted by Gasteiger charge is 2.19. The molecule has 0 spiro atoms. The number of aromatic nitrogens is 3. The summed E-state index contributed by atoms with van der Waals surface area (Å²) in [5.41, 5.74) is 4.21. The molecule has 8 nitrogen and oxygen atoms in total. The summed E-state index contributed by atoms with van der Waals surface area (Å²) < 4.78 is 7.14. The molecule has 0 aliphatic rings. The maximum atomic E-state index is 13.9. The Balaban J connectivity index is 1.60. The molecule has 0 bridgehead atoms. The van der Waals surface area contributed by atoms with Gasteiger partial charge in [0.1, 0.15) is 11.6 Å². The van der Waals surface area contributed by atoms with Crippen molar-refractivity contribution in [2.75, 3.05) is 57.2 Å². The van der Waals surface area contributed by atoms with Crippen molar-refractivity contribution in [3.63, 3.8) is 0 Å². The van der Waals surface area contributed by atoms with Crippen LogP contribution in [0.15, 0.2) is 66.9 Å². The van der Waals surface area contributed by atoms with Crippen LogP contribution in [0.2, 0.25) is 0 Å². The number of imidazole rings is 1. The Labute approximate surface area is 235 Å². The molecule has 9 heteroatoms. The van der Waals surface area contributed by atoms with Crippen molar-refractivity contribution in [1.82, 2.24) is 24.4 Å². The average Bonchev–Trinajstić information content (AvgIpc) is 3.40. The predicted octanol–water partition coefficient (Wildman–Crippen LogP) is 5.16. The van der Waals surface area contributed by atoms with Gasteiger partial charge in [-0.05, 0) is 61.3 Å². The monoisotopic (exact) mass is 546 g/mol. The Morgan fingerprint density at radius 3 is 2.56 bits per heavy atom. The number of thioether (sulfide) groups is 1. The van der Waals surface area contributed by atoms with Crippen LogP contribution in [0.5, 0.6) is 5.75 Å². The van der Waals surface area contributed by atoms with Gasteiger partial charge in [0.25, 0.3) is 5.91 Å². The minimum Gasteiger partial charge on any atom is -0.497 e. The number of hydrogen-bond donors (Lipinski definition) is 1. The van der Waals surface area contributed by atoms with E-state index in [0.29, 0.717) is 18.7 Å². The van der Waals surface area contributed by atoms with Crippen LogP contribution in [0.4, 0.5) is 5.82 Å². The molecule has 0 fully saturated rings. The zero-order valence-corrected chi connectivity index (χ0v) is 24.1. The highest BCUT2D eigenvalue weighted by Crippen LogP contribution is 2.23. The molecule has 4 aromatic rings. The Kier molecular flexibility index (Phi) is 10.2. The second-order valence-corrected chi connectivity index (χ2v) is 10.2. The number of amides is 1. The van der Waals surface area contributed by atoms with E-state index in [1.807, 2.05) is 76.3 Å². The fraction of sp³-hybridized carbons (Fsp3) is 0.367. The van der Waals surface area contributed by atoms with Crippen LogP contribution < -0.4 is 10.1 Å². The van der Waals surface area contributed by atoms with E-state index in [-0.39, 0.29) is 5.91 Å². The Bertz CT molecular complexity index is 1350. The summed E-state index contributed by atoms with van der Waals surface area (Å²) in [5.74, 6) is 2.60. The van der Waals surface area contributed by atoms with Crippen molar-refractivity contribution in [2.24, 2.45) is 0 Å². The zero-order chi connectivity index (χ0) is 27.6. The van der Waals surface area contributed by atoms with E-state index >= 15 is 0 Å². The summed E-state index contributed by atoms with van der Waals surface area (Å²) >= 11 is 1.79. The van der Waals surface area contributed by atoms with Crippen molar-refractivity contribution in [1.29, 1.82) is 0 Å². The molecule has 2 aromatic heterocycles. The minimum atomic E-state index is 0.000950. The second kappa shape index (κ2) is 14.0. The summed E-state index contributed by atoms with van der Waals surface area (Å²) in [7, 11) is 1.66. The third kappa shape index (κ3) is 7.30. The first-order valence-corrected chi connectivity index (χ1v) is 14.8. The Morgan fingerprint density at radius 1 is 1.05 bits per heavy atom. The Morgan fingerprint density at radius 2 is 1.85 bits per heavy atom. The van der Waals surface area contributed by atoms with Gasteiger partial charge in [-0.3, -0.25) is 4.79 Å². The van der Waals surface area contributed by atoms with Gasteiger partial charge in [-0.25, -0.2) is 9.50 Å². The number of rotatable bonds is 14. The number of fused-ring (bicyclic) bond motifs is 1. The van der Waals surface area contributed by atoms with E-state index in [2.05, 4.69) is 35.3 Å². The van der Waals surface area contributed by atoms with E-state index in [1.54, 1.807) is 18.9 Å². The average molecular weight is 547 g/mol. The number of hydrogen-bond acceptors (Lipinski definition) is 7. The van der Waals surface area contributed by atoms with Gasteiger partial charge in [0.05, 0.1) is 19.0 Å². The highest BCUT2D eigenvalue weighted by atomic mass is 32.2. The quantitative estimate of drug-likeness (QED) is 0.219. The molecule has 2 aromatic carbocycles. The molecule has 1 amide bonds. The summed E-state index contributed by atoms with van der Waals surface area (Å²) in [6, 6.07) is 19.6. The van der Waals surface area contributed by atoms with E-state index < -0.39 is 0 Å². The van der Waals surface area contributed by atoms with Crippen molar-refractivity contribution in [2.45, 2.75) is 20.4 Å². The molecule has 0 aliphatic carbocycles. The molecule has 0 radical (unpaired) electrons. The van der Waals surface area contributed by atoms with Crippen molar-refractivity contribution >= 4 is 29.1 Å². The third-order valence-electron chi connectivity index (χ3n) is 6.78. The van der Waals surface area contributed by atoms with E-state index in [1.165, 1.54) is 0 Å². The topological polar surface area (TPSA) is 75.0 Å². The molecule has 206 valence electrons. The first-order chi connectivity index (χ1) is 19.1. The van der Waals surface area contributed by atoms with Crippen LogP contribution in [0.3, 0.4) is 0 Å². The normalized spacial score (nSPS) is 11.2. The first-order valence-electron chi connectivity index (χ1n) is 13.4. The number of carbonyl (C=O) groups is 1. The van der Waals surface area contributed by atoms with Gasteiger partial charge in [-0.2, -0.15) is 11.8 Å². The predicted molar refractivity (Wildman–Crippen MR) is 161 cm³/mol. The van der Waals surface area contributed by atoms with E-state index in [9.17, 15) is 4.79 Å². The van der Waals surface area contributed by atoms with Crippen LogP contribution >= 0.6 is 11.8 Å². The molecule has 1 N–H and O–H groups in total. The van der Waals surface area contributed by atoms with Gasteiger partial charge in [-0.1, -0.05) is 38.1 Å². The van der Waals surface area contributed by atoms with Crippen molar-refractivity contribution < 1.29 is 9.53 Å². The van der Waals surface area contributed by atoms with Gasteiger partial charge in [0, 0.05) is 43.1 Å². The summed E-state index contributed by atoms with van der Waals surface area (Å²) in [5, 5.41) is 8.11. The molecule has 0 aliphatic heterocycles. The van der Waals surface area contributed by atoms with Crippen LogP contribution in [-0.4, -0.2) is 82.1 Å². The lowest BCUT2D eigenvalue weighted by molar-refractivity contribution is 0.0724. The number of anilines is 1. The number of carbonyl (C=O) groups excluding carboxylic acids is 1. The van der Waals surface area contributed by atoms with Crippen molar-refractivity contribution in [3.8, 4) is 17.0 Å². The van der Waals surface area contributed by atoms with Gasteiger partial charge in [-0.15, -0.1) is 5.10 Å². The summed E-state index contributed by atoms with van der Waals surface area (Å²) in [4.78, 5) is 22.7. The third-order valence-corrected chi connectivity index (χ3v) is 7.39. The number of likely N-dealkylation sites (N-methyl/N-ethyl adjacent to an activating group) is 1. The van der Waals surface area contributed by atoms with Gasteiger partial charge >= 0.3 is 0 Å². The standard InChI is InChI=1S/C30H38N6O2S/c1-5-34(6-2)17-18-35(22-23-10-12-26(38-3)13-11-23)30(37)25-9-7-8-24(20-25)27-21-32-29-15-14-28(33-36(27)29)31-16-19-39-4/h7-15,20-21H,5-6,16-19,22H2,1-4H3,(H,31,33). The van der Waals surface area contributed by atoms with Crippen LogP contribution in [0.1, 0.15) is 29.8 Å². The number of nitrogens with one attached hydrogen (secondary N) is 1. The minimum absolute atomic E-state index is 0.000950. The lowest BCUT2D eigenvalue weighted by Crippen LogP contribution is -2.38. The summed E-state index contributed by atoms with van der Waals surface area (Å²) in [6.45, 7) is 9.02. The molecule has 0 atom stereocenters. The molecule has 0 saturated heterocycles. The smallest absolute Gasteiger partial charge is 0.254 e. The lowest BCUT2D eigenvalue weighted by Gasteiger charge is -2.27. The zero-order valence-electron chi connectivity index (χ0n) is 23.3. The maximum absolute atomic E-state index is 13.9. The van der Waals surface area contributed by atoms with Gasteiger partial charge in [0.2, 0.25) is 0 Å². The van der Waals surface area contributed by atoms with E-state index in [4.69, 9.17) is 9.84 Å². The molecular weight excluding hydrogens is 508 g/mol. The van der Waals surface area contributed by atoms with Gasteiger partial charge in [0.15, 0.2) is 5.65 Å². The Hall–Kier alpha value is -3.56. The fourth-order valence-corrected chi connectivity index (χ4v) is 4.75. The molecule has 2 heterocycles. The summed E-state index contributed by atoms with van der Waals surface area (Å²) in [6.07, 6.45) is 3.90. The highest BCUT2D eigenvalue weighted by molar-refractivity contribution is 7.98. The number of benzene rings is 2. The second-order valence-electron chi connectivity index (χ2n) is 9.23. The van der Waals surface area contributed by atoms with Crippen LogP contribution in [-0.2, 0) is 6.54 Å². The van der Waals surface area contributed by atoms with Crippen LogP contribution in [0, 0.1) is 0 Å². The molecule has 4 rings (SSSR count). The molecule has 0 saturated carbocycles. The largest absolute Gasteiger partial charge is 0.497 e. The fourth-order valence-electron chi connectivity index (χ4n) is 4.45. The lowest BCUT2D eigenvalue weighted by atomic mass is 10.1. The SMILES string of the molecule is CCN(CC)CCN(Cc1ccc(OC)cc1)C(=O)c1cccc(-c2cnc3ccc(NCCSC)nn23)c1. The number of methoxy groups -OCH3 is 1. The van der Waals surface area contributed by atoms with E-state index in [0.717, 1.165) is 66.0 Å². The number of nitrogens with zero attached hydrogens (tertiary/aromatic N) is 5. The molecule has 39 heavy (non-hydrogen) atoms. The number of ether oxygens (including phenoxy) is 1. The maximum Gasteiger partial charge on any atom is 0.254 e. The first kappa shape index (κ1) is 28.4. The molecular formula is C30H38N6O2S.